The molecule has 0 bridgehead atoms. The number of hydrogen-bond acceptors (Lipinski definition) is 6. The molecule has 0 saturated heterocycles. The molecule has 4 rings (SSSR count). The minimum Gasteiger partial charge on any atom is -0.507 e. The van der Waals surface area contributed by atoms with Crippen molar-refractivity contribution >= 4 is 0 Å². The number of aryl methyl sites for hydroxylation is 1. The van der Waals surface area contributed by atoms with E-state index in [0.717, 1.165) is 24.1 Å². The minimum absolute atomic E-state index is 0.0685. The molecule has 1 saturated carbocycles. The molecule has 0 amide bonds. The lowest BCUT2D eigenvalue weighted by Crippen LogP contribution is -2.32. The molecular weight excluding hydrogens is 359 g/mol. The predicted molar refractivity (Wildman–Crippen MR) is 103 cm³/mol. The topological polar surface area (TPSA) is 81.0 Å². The van der Waals surface area contributed by atoms with Crippen LogP contribution >= 0.6 is 0 Å². The van der Waals surface area contributed by atoms with Crippen LogP contribution in [-0.2, 0) is 0 Å². The van der Waals surface area contributed by atoms with Crippen LogP contribution < -0.4 is 4.74 Å². The Morgan fingerprint density at radius 2 is 1.71 bits per heavy atom. The molecule has 1 aromatic carbocycles. The molecular formula is C21H21FN4O2. The fraction of sp³-hybridized carbons (Fsp3) is 0.333. The summed E-state index contributed by atoms with van der Waals surface area (Å²) < 4.78 is 19.6. The van der Waals surface area contributed by atoms with Crippen LogP contribution in [0.3, 0.4) is 0 Å². The van der Waals surface area contributed by atoms with Crippen molar-refractivity contribution in [2.24, 2.45) is 0 Å². The molecule has 2 atom stereocenters. The monoisotopic (exact) mass is 380 g/mol. The van der Waals surface area contributed by atoms with Crippen molar-refractivity contribution in [3.63, 3.8) is 0 Å². The lowest BCUT2D eigenvalue weighted by Gasteiger charge is -2.25. The Balaban J connectivity index is 1.51. The third kappa shape index (κ3) is 3.93. The minimum atomic E-state index is -0.961. The number of halogens is 1. The first kappa shape index (κ1) is 18.3. The Morgan fingerprint density at radius 1 is 0.929 bits per heavy atom. The van der Waals surface area contributed by atoms with E-state index in [1.54, 1.807) is 24.3 Å². The number of phenolic OH excluding ortho intramolecular Hbond substituents is 1. The first-order valence-corrected chi connectivity index (χ1v) is 9.39. The van der Waals surface area contributed by atoms with Crippen molar-refractivity contribution < 1.29 is 14.2 Å². The van der Waals surface area contributed by atoms with Gasteiger partial charge in [0.1, 0.15) is 18.0 Å². The Kier molecular flexibility index (Phi) is 5.14. The van der Waals surface area contributed by atoms with Crippen LogP contribution in [0.1, 0.15) is 31.4 Å². The van der Waals surface area contributed by atoms with E-state index < -0.39 is 12.3 Å². The quantitative estimate of drug-likeness (QED) is 0.728. The number of aromatic nitrogens is 4. The highest BCUT2D eigenvalue weighted by atomic mass is 19.1. The lowest BCUT2D eigenvalue weighted by molar-refractivity contribution is 0.0594. The summed E-state index contributed by atoms with van der Waals surface area (Å²) in [5.74, 6) is 0.364. The number of ether oxygens (including phenoxy) is 1. The summed E-state index contributed by atoms with van der Waals surface area (Å²) in [4.78, 5) is 0. The van der Waals surface area contributed by atoms with E-state index in [2.05, 4.69) is 20.4 Å². The van der Waals surface area contributed by atoms with E-state index in [9.17, 15) is 9.50 Å². The molecule has 0 radical (unpaired) electrons. The average molecular weight is 380 g/mol. The number of rotatable bonds is 4. The van der Waals surface area contributed by atoms with E-state index in [1.807, 2.05) is 25.1 Å². The van der Waals surface area contributed by atoms with E-state index in [0.29, 0.717) is 35.7 Å². The zero-order chi connectivity index (χ0) is 19.5. The maximum atomic E-state index is 13.9. The third-order valence-corrected chi connectivity index (χ3v) is 4.90. The van der Waals surface area contributed by atoms with Gasteiger partial charge in [0.05, 0.1) is 17.1 Å². The van der Waals surface area contributed by atoms with Crippen molar-refractivity contribution in [3.05, 3.63) is 48.2 Å². The maximum Gasteiger partial charge on any atom is 0.233 e. The van der Waals surface area contributed by atoms with Crippen molar-refractivity contribution in [2.75, 3.05) is 0 Å². The van der Waals surface area contributed by atoms with Crippen LogP contribution in [0.4, 0.5) is 4.39 Å². The summed E-state index contributed by atoms with van der Waals surface area (Å²) in [6.07, 6.45) is 1.65. The summed E-state index contributed by atoms with van der Waals surface area (Å²) in [6.45, 7) is 1.87. The average Bonchev–Trinajstić information content (AvgIpc) is 2.71. The van der Waals surface area contributed by atoms with Gasteiger partial charge in [-0.1, -0.05) is 12.5 Å². The molecule has 2 heterocycles. The van der Waals surface area contributed by atoms with E-state index in [4.69, 9.17) is 4.74 Å². The highest BCUT2D eigenvalue weighted by molar-refractivity contribution is 5.72. The Labute approximate surface area is 162 Å². The zero-order valence-electron chi connectivity index (χ0n) is 15.5. The summed E-state index contributed by atoms with van der Waals surface area (Å²) in [6, 6.07) is 12.3. The Morgan fingerprint density at radius 3 is 2.39 bits per heavy atom. The van der Waals surface area contributed by atoms with Crippen molar-refractivity contribution in [3.8, 4) is 34.1 Å². The molecule has 0 spiro atoms. The molecule has 0 aliphatic heterocycles. The lowest BCUT2D eigenvalue weighted by atomic mass is 9.96. The largest absolute Gasteiger partial charge is 0.507 e. The number of alkyl halides is 1. The van der Waals surface area contributed by atoms with Gasteiger partial charge < -0.3 is 9.84 Å². The van der Waals surface area contributed by atoms with Gasteiger partial charge in [0.2, 0.25) is 5.88 Å². The van der Waals surface area contributed by atoms with Crippen molar-refractivity contribution in [1.29, 1.82) is 0 Å². The number of nitrogens with zero attached hydrogens (tertiary/aromatic N) is 4. The highest BCUT2D eigenvalue weighted by Crippen LogP contribution is 2.32. The summed E-state index contributed by atoms with van der Waals surface area (Å²) in [5, 5.41) is 26.8. The molecule has 0 unspecified atom stereocenters. The predicted octanol–water partition coefficient (Wildman–Crippen LogP) is 4.27. The van der Waals surface area contributed by atoms with Crippen LogP contribution in [-0.4, -0.2) is 37.8 Å². The van der Waals surface area contributed by atoms with Gasteiger partial charge in [-0.2, -0.15) is 10.2 Å². The second kappa shape index (κ2) is 7.88. The second-order valence-electron chi connectivity index (χ2n) is 7.01. The van der Waals surface area contributed by atoms with Crippen LogP contribution in [0.25, 0.3) is 22.5 Å². The first-order chi connectivity index (χ1) is 13.6. The molecule has 144 valence electrons. The van der Waals surface area contributed by atoms with Crippen LogP contribution in [0.15, 0.2) is 42.5 Å². The van der Waals surface area contributed by atoms with Gasteiger partial charge >= 0.3 is 0 Å². The summed E-state index contributed by atoms with van der Waals surface area (Å²) >= 11 is 0. The van der Waals surface area contributed by atoms with Gasteiger partial charge in [0.15, 0.2) is 0 Å². The van der Waals surface area contributed by atoms with Gasteiger partial charge in [0.25, 0.3) is 0 Å². The highest BCUT2D eigenvalue weighted by Gasteiger charge is 2.26. The van der Waals surface area contributed by atoms with Gasteiger partial charge in [-0.15, -0.1) is 10.2 Å². The van der Waals surface area contributed by atoms with Gasteiger partial charge in [-0.05, 0) is 56.5 Å². The number of phenols is 1. The van der Waals surface area contributed by atoms with Crippen LogP contribution in [0.2, 0.25) is 0 Å². The summed E-state index contributed by atoms with van der Waals surface area (Å²) in [7, 11) is 0. The normalized spacial score (nSPS) is 19.4. The Bertz CT molecular complexity index is 948. The number of aromatic hydroxyl groups is 1. The van der Waals surface area contributed by atoms with E-state index in [1.165, 1.54) is 0 Å². The van der Waals surface area contributed by atoms with Crippen LogP contribution in [0.5, 0.6) is 11.6 Å². The Hall–Kier alpha value is -3.09. The van der Waals surface area contributed by atoms with Gasteiger partial charge in [-0.3, -0.25) is 0 Å². The number of benzene rings is 1. The van der Waals surface area contributed by atoms with Crippen LogP contribution in [0, 0.1) is 6.92 Å². The molecule has 1 fully saturated rings. The fourth-order valence-corrected chi connectivity index (χ4v) is 3.33. The smallest absolute Gasteiger partial charge is 0.233 e. The van der Waals surface area contributed by atoms with Gasteiger partial charge in [0, 0.05) is 17.2 Å². The molecule has 2 aromatic heterocycles. The molecule has 6 nitrogen and oxygen atoms in total. The molecule has 1 aliphatic rings. The standard InChI is InChI=1S/C21H21FN4O2/c1-13-6-9-17(24-23-13)14-7-8-15(19(27)12-14)18-10-11-21(26-25-18)28-20-5-3-2-4-16(20)22/h6-12,16,20,27H,2-5H2,1H3/t16-,20+/m0/s1. The molecule has 1 N–H and O–H groups in total. The SMILES string of the molecule is Cc1ccc(-c2ccc(-c3ccc(O[C@@H]4CCCC[C@@H]4F)nn3)c(O)c2)nn1. The van der Waals surface area contributed by atoms with Crippen molar-refractivity contribution in [2.45, 2.75) is 44.9 Å². The van der Waals surface area contributed by atoms with Gasteiger partial charge in [-0.25, -0.2) is 4.39 Å². The fourth-order valence-electron chi connectivity index (χ4n) is 3.33. The van der Waals surface area contributed by atoms with Crippen molar-refractivity contribution in [1.82, 2.24) is 20.4 Å². The molecule has 28 heavy (non-hydrogen) atoms. The van der Waals surface area contributed by atoms with E-state index in [-0.39, 0.29) is 5.75 Å². The summed E-state index contributed by atoms with van der Waals surface area (Å²) in [5.41, 5.74) is 3.31. The maximum absolute atomic E-state index is 13.9. The molecule has 7 heteroatoms. The van der Waals surface area contributed by atoms with E-state index >= 15 is 0 Å². The first-order valence-electron chi connectivity index (χ1n) is 9.39. The number of hydrogen-bond donors (Lipinski definition) is 1. The molecule has 3 aromatic rings. The molecule has 1 aliphatic carbocycles. The second-order valence-corrected chi connectivity index (χ2v) is 7.01. The zero-order valence-corrected chi connectivity index (χ0v) is 15.5. The third-order valence-electron chi connectivity index (χ3n) is 4.90.